The molecule has 2 aliphatic rings. The van der Waals surface area contributed by atoms with E-state index in [2.05, 4.69) is 16.7 Å². The van der Waals surface area contributed by atoms with Gasteiger partial charge >= 0.3 is 12.0 Å². The molecule has 0 aliphatic carbocycles. The van der Waals surface area contributed by atoms with Crippen LogP contribution in [0.15, 0.2) is 17.6 Å². The molecule has 3 rings (SSSR count). The average molecular weight is 357 g/mol. The molecule has 1 unspecified atom stereocenters. The van der Waals surface area contributed by atoms with Gasteiger partial charge in [-0.15, -0.1) is 16.4 Å². The molecule has 0 radical (unpaired) electrons. The zero-order chi connectivity index (χ0) is 19.2. The van der Waals surface area contributed by atoms with Crippen molar-refractivity contribution in [2.24, 2.45) is 4.99 Å². The molecule has 26 heavy (non-hydrogen) atoms. The summed E-state index contributed by atoms with van der Waals surface area (Å²) in [7, 11) is 1.65. The number of hydrogen-bond donors (Lipinski definition) is 0. The maximum atomic E-state index is 13.0. The monoisotopic (exact) mass is 357 g/mol. The molecule has 1 atom stereocenters. The number of amidine groups is 1. The summed E-state index contributed by atoms with van der Waals surface area (Å²) in [5.74, 6) is 0.774. The number of aryl methyl sites for hydroxylation is 1. The highest BCUT2D eigenvalue weighted by Crippen LogP contribution is 2.22. The van der Waals surface area contributed by atoms with Gasteiger partial charge in [-0.3, -0.25) is 14.6 Å². The first-order valence-electron chi connectivity index (χ1n) is 8.78. The summed E-state index contributed by atoms with van der Waals surface area (Å²) < 4.78 is 3.71. The zero-order valence-corrected chi connectivity index (χ0v) is 16.0. The second-order valence-corrected chi connectivity index (χ2v) is 6.65. The second-order valence-electron chi connectivity index (χ2n) is 6.65. The van der Waals surface area contributed by atoms with E-state index in [9.17, 15) is 9.59 Å². The maximum Gasteiger partial charge on any atom is 0.421 e. The Morgan fingerprint density at radius 3 is 2.50 bits per heavy atom. The van der Waals surface area contributed by atoms with E-state index in [1.54, 1.807) is 17.8 Å². The van der Waals surface area contributed by atoms with Gasteiger partial charge in [0.1, 0.15) is 5.69 Å². The van der Waals surface area contributed by atoms with Gasteiger partial charge in [-0.25, -0.2) is 9.37 Å². The minimum atomic E-state index is -0.614. The van der Waals surface area contributed by atoms with Crippen LogP contribution < -0.4 is 0 Å². The van der Waals surface area contributed by atoms with E-state index in [0.29, 0.717) is 18.3 Å². The number of urea groups is 1. The molecule has 1 saturated heterocycles. The molecule has 0 saturated carbocycles. The maximum absolute atomic E-state index is 13.0. The molecule has 138 valence electrons. The predicted molar refractivity (Wildman–Crippen MR) is 98.6 cm³/mol. The quantitative estimate of drug-likeness (QED) is 0.602. The van der Waals surface area contributed by atoms with E-state index < -0.39 is 6.04 Å². The minimum absolute atomic E-state index is 0.181. The van der Waals surface area contributed by atoms with Gasteiger partial charge in [-0.1, -0.05) is 18.0 Å². The highest BCUT2D eigenvalue weighted by Gasteiger charge is 2.52. The Hall–Kier alpha value is -2.77. The van der Waals surface area contributed by atoms with E-state index >= 15 is 0 Å². The second kappa shape index (κ2) is 6.51. The fraction of sp³-hybridized carbons (Fsp3) is 0.500. The van der Waals surface area contributed by atoms with E-state index in [4.69, 9.17) is 0 Å². The van der Waals surface area contributed by atoms with Crippen LogP contribution in [0.4, 0.5) is 4.79 Å². The van der Waals surface area contributed by atoms with E-state index in [-0.39, 0.29) is 18.5 Å². The van der Waals surface area contributed by atoms with Crippen molar-refractivity contribution in [3.8, 4) is 0 Å². The summed E-state index contributed by atoms with van der Waals surface area (Å²) in [6.07, 6.45) is 2.40. The van der Waals surface area contributed by atoms with Crippen LogP contribution in [-0.4, -0.2) is 74.1 Å². The molecule has 0 aromatic carbocycles. The van der Waals surface area contributed by atoms with Crippen molar-refractivity contribution in [3.63, 3.8) is 0 Å². The third-order valence-corrected chi connectivity index (χ3v) is 5.01. The Balaban J connectivity index is 2.17. The van der Waals surface area contributed by atoms with Crippen LogP contribution in [0.3, 0.4) is 0 Å². The first-order valence-corrected chi connectivity index (χ1v) is 8.78. The number of carbonyl (C=O) groups excluding carboxylic acids is 2. The van der Waals surface area contributed by atoms with Gasteiger partial charge in [0, 0.05) is 19.2 Å². The Morgan fingerprint density at radius 2 is 1.96 bits per heavy atom. The molecule has 8 nitrogen and oxygen atoms in total. The van der Waals surface area contributed by atoms with Crippen LogP contribution in [0.1, 0.15) is 30.3 Å². The van der Waals surface area contributed by atoms with Crippen LogP contribution in [0.2, 0.25) is 0 Å². The van der Waals surface area contributed by atoms with Gasteiger partial charge in [0.25, 0.3) is 5.91 Å². The first kappa shape index (κ1) is 18.0. The minimum Gasteiger partial charge on any atom is -0.270 e. The lowest BCUT2D eigenvalue weighted by molar-refractivity contribution is -0.537. The van der Waals surface area contributed by atoms with Crippen molar-refractivity contribution in [1.29, 1.82) is 0 Å². The lowest BCUT2D eigenvalue weighted by Gasteiger charge is -2.33. The van der Waals surface area contributed by atoms with Gasteiger partial charge in [0.2, 0.25) is 11.9 Å². The number of nitrogens with zero attached hydrogens (tertiary/aromatic N) is 6. The van der Waals surface area contributed by atoms with Crippen LogP contribution in [0, 0.1) is 20.8 Å². The lowest BCUT2D eigenvalue weighted by atomic mass is 10.1. The fourth-order valence-electron chi connectivity index (χ4n) is 3.36. The van der Waals surface area contributed by atoms with Crippen LogP contribution >= 0.6 is 0 Å². The number of amides is 3. The van der Waals surface area contributed by atoms with Crippen LogP contribution in [0.25, 0.3) is 0 Å². The normalized spacial score (nSPS) is 20.0. The molecule has 0 N–H and O–H groups in total. The molecular weight excluding hydrogens is 332 g/mol. The van der Waals surface area contributed by atoms with Crippen LogP contribution in [0.5, 0.6) is 0 Å². The van der Waals surface area contributed by atoms with Crippen molar-refractivity contribution < 1.29 is 14.2 Å². The Morgan fingerprint density at radius 1 is 1.27 bits per heavy atom. The Labute approximate surface area is 153 Å². The molecule has 0 spiro atoms. The van der Waals surface area contributed by atoms with Gasteiger partial charge in [-0.2, -0.15) is 0 Å². The standard InChI is InChI=1S/C18H25N6O2/c1-7-9-22-14-15(21(6)18(26)23(10-8-2)16(14)25)19-17(22)24-13(5)11(3)12(4)20-24/h8,14H,2,7,9-10H2,1,3-6H3/q+1. The Kier molecular flexibility index (Phi) is 4.52. The highest BCUT2D eigenvalue weighted by atomic mass is 16.2. The van der Waals surface area contributed by atoms with Crippen molar-refractivity contribution in [2.75, 3.05) is 20.1 Å². The number of aromatic nitrogens is 2. The third kappa shape index (κ3) is 2.48. The predicted octanol–water partition coefficient (Wildman–Crippen LogP) is 1.30. The number of hydrogen-bond acceptors (Lipinski definition) is 4. The topological polar surface area (TPSA) is 73.8 Å². The number of imide groups is 1. The molecule has 1 aromatic heterocycles. The lowest BCUT2D eigenvalue weighted by Crippen LogP contribution is -2.62. The first-order chi connectivity index (χ1) is 12.3. The summed E-state index contributed by atoms with van der Waals surface area (Å²) >= 11 is 0. The summed E-state index contributed by atoms with van der Waals surface area (Å²) in [4.78, 5) is 32.9. The van der Waals surface area contributed by atoms with Gasteiger partial charge in [-0.05, 0) is 27.2 Å². The van der Waals surface area contributed by atoms with Crippen molar-refractivity contribution >= 4 is 23.7 Å². The summed E-state index contributed by atoms with van der Waals surface area (Å²) in [6, 6.07) is -0.996. The number of carbonyl (C=O) groups is 2. The zero-order valence-electron chi connectivity index (χ0n) is 16.0. The van der Waals surface area contributed by atoms with Crippen molar-refractivity contribution in [1.82, 2.24) is 19.6 Å². The van der Waals surface area contributed by atoms with E-state index in [1.807, 2.05) is 32.3 Å². The number of fused-ring (bicyclic) bond motifs is 1. The SMILES string of the molecule is C=CCN1C(=O)C2C(=NC(n3nc(C)c(C)c3C)=[N+]2CCC)N(C)C1=O. The molecule has 0 bridgehead atoms. The molecule has 8 heteroatoms. The highest BCUT2D eigenvalue weighted by molar-refractivity contribution is 6.23. The molecular formula is C18H25N6O2+. The number of likely N-dealkylation sites (N-methyl/N-ethyl adjacent to an activating group) is 1. The van der Waals surface area contributed by atoms with Crippen LogP contribution in [-0.2, 0) is 4.79 Å². The molecule has 2 aliphatic heterocycles. The van der Waals surface area contributed by atoms with Gasteiger partial charge in [0.05, 0.1) is 12.2 Å². The molecule has 1 fully saturated rings. The number of aliphatic imine (C=N–C) groups is 1. The third-order valence-electron chi connectivity index (χ3n) is 5.01. The van der Waals surface area contributed by atoms with E-state index in [0.717, 1.165) is 23.4 Å². The number of rotatable bonds is 4. The molecule has 3 amide bonds. The molecule has 3 heterocycles. The average Bonchev–Trinajstić information content (AvgIpc) is 3.10. The smallest absolute Gasteiger partial charge is 0.270 e. The van der Waals surface area contributed by atoms with E-state index in [1.165, 1.54) is 9.80 Å². The van der Waals surface area contributed by atoms with Gasteiger partial charge in [0.15, 0.2) is 0 Å². The van der Waals surface area contributed by atoms with Crippen molar-refractivity contribution in [3.05, 3.63) is 29.6 Å². The van der Waals surface area contributed by atoms with Gasteiger partial charge < -0.3 is 0 Å². The summed E-state index contributed by atoms with van der Waals surface area (Å²) in [6.45, 7) is 12.5. The summed E-state index contributed by atoms with van der Waals surface area (Å²) in [5.41, 5.74) is 2.99. The molecule has 1 aromatic rings. The Bertz CT molecular complexity index is 863. The largest absolute Gasteiger partial charge is 0.421 e. The van der Waals surface area contributed by atoms with Crippen molar-refractivity contribution in [2.45, 2.75) is 40.2 Å². The summed E-state index contributed by atoms with van der Waals surface area (Å²) in [5, 5.41) is 4.59. The fourth-order valence-corrected chi connectivity index (χ4v) is 3.36.